The van der Waals surface area contributed by atoms with Gasteiger partial charge in [-0.25, -0.2) is 23.4 Å². The molecule has 0 bridgehead atoms. The molecular weight excluding hydrogens is 512 g/mol. The summed E-state index contributed by atoms with van der Waals surface area (Å²) in [4.78, 5) is 30.6. The number of carbonyl (C=O) groups is 1. The van der Waals surface area contributed by atoms with Crippen LogP contribution in [-0.4, -0.2) is 58.2 Å². The Hall–Kier alpha value is -2.99. The Bertz CT molecular complexity index is 1450. The van der Waals surface area contributed by atoms with Gasteiger partial charge >= 0.3 is 0 Å². The summed E-state index contributed by atoms with van der Waals surface area (Å²) in [5, 5.41) is 0.975. The zero-order valence-electron chi connectivity index (χ0n) is 21.6. The highest BCUT2D eigenvalue weighted by atomic mass is 32.2. The lowest BCUT2D eigenvalue weighted by Crippen LogP contribution is -2.43. The van der Waals surface area contributed by atoms with Crippen molar-refractivity contribution in [3.05, 3.63) is 50.6 Å². The number of pyridine rings is 1. The van der Waals surface area contributed by atoms with Crippen LogP contribution in [-0.2, 0) is 40.6 Å². The van der Waals surface area contributed by atoms with E-state index >= 15 is 0 Å². The summed E-state index contributed by atoms with van der Waals surface area (Å²) in [6, 6.07) is 2.95. The van der Waals surface area contributed by atoms with Gasteiger partial charge in [-0.15, -0.1) is 11.3 Å². The van der Waals surface area contributed by atoms with Crippen LogP contribution in [0.4, 0.5) is 5.82 Å². The average molecular weight is 545 g/mol. The highest BCUT2D eigenvalue weighted by Gasteiger charge is 2.39. The molecule has 0 saturated heterocycles. The van der Waals surface area contributed by atoms with Gasteiger partial charge in [0.25, 0.3) is 5.91 Å². The first-order chi connectivity index (χ1) is 17.6. The number of fused-ring (bicyclic) bond motifs is 3. The van der Waals surface area contributed by atoms with Gasteiger partial charge in [0.15, 0.2) is 6.61 Å². The Morgan fingerprint density at radius 2 is 1.97 bits per heavy atom. The van der Waals surface area contributed by atoms with Crippen LogP contribution < -0.4 is 9.46 Å². The summed E-state index contributed by atoms with van der Waals surface area (Å²) in [6.07, 6.45) is 5.53. The molecule has 1 amide bonds. The first kappa shape index (κ1) is 25.7. The molecule has 37 heavy (non-hydrogen) atoms. The number of aromatic nitrogens is 4. The number of ether oxygens (including phenoxy) is 1. The Labute approximate surface area is 221 Å². The molecule has 5 rings (SSSR count). The predicted octanol–water partition coefficient (Wildman–Crippen LogP) is 3.17. The van der Waals surface area contributed by atoms with Crippen LogP contribution in [0.1, 0.15) is 64.3 Å². The summed E-state index contributed by atoms with van der Waals surface area (Å²) in [6.45, 7) is 7.24. The topological polar surface area (TPSA) is 119 Å². The van der Waals surface area contributed by atoms with E-state index in [0.29, 0.717) is 30.8 Å². The Morgan fingerprint density at radius 1 is 1.16 bits per heavy atom. The normalized spacial score (nSPS) is 17.3. The number of sulfonamides is 1. The molecule has 2 aliphatic rings. The second-order valence-corrected chi connectivity index (χ2v) is 12.5. The van der Waals surface area contributed by atoms with Crippen molar-refractivity contribution in [1.29, 1.82) is 0 Å². The Morgan fingerprint density at radius 3 is 2.68 bits per heavy atom. The van der Waals surface area contributed by atoms with E-state index in [1.165, 1.54) is 6.07 Å². The van der Waals surface area contributed by atoms with E-state index in [0.717, 1.165) is 64.9 Å². The lowest BCUT2D eigenvalue weighted by molar-refractivity contribution is -0.135. The van der Waals surface area contributed by atoms with Crippen molar-refractivity contribution in [2.24, 2.45) is 0 Å². The smallest absolute Gasteiger partial charge is 0.261 e. The fourth-order valence-electron chi connectivity index (χ4n) is 5.23. The molecule has 0 saturated carbocycles. The molecule has 12 heteroatoms. The monoisotopic (exact) mass is 544 g/mol. The number of aryl methyl sites for hydroxylation is 4. The van der Waals surface area contributed by atoms with Crippen molar-refractivity contribution in [2.75, 3.05) is 24.1 Å². The number of carbonyl (C=O) groups excluding carboxylic acids is 1. The van der Waals surface area contributed by atoms with Gasteiger partial charge in [-0.05, 0) is 45.2 Å². The van der Waals surface area contributed by atoms with Crippen LogP contribution >= 0.6 is 11.3 Å². The maximum absolute atomic E-state index is 13.7. The van der Waals surface area contributed by atoms with Crippen molar-refractivity contribution < 1.29 is 17.9 Å². The van der Waals surface area contributed by atoms with E-state index in [-0.39, 0.29) is 24.4 Å². The number of hydrogen-bond donors (Lipinski definition) is 1. The van der Waals surface area contributed by atoms with E-state index < -0.39 is 10.0 Å². The lowest BCUT2D eigenvalue weighted by Gasteiger charge is -2.36. The summed E-state index contributed by atoms with van der Waals surface area (Å²) < 4.78 is 33.8. The third-order valence-electron chi connectivity index (χ3n) is 6.77. The van der Waals surface area contributed by atoms with Crippen molar-refractivity contribution in [1.82, 2.24) is 24.4 Å². The summed E-state index contributed by atoms with van der Waals surface area (Å²) >= 11 is 1.63. The first-order valence-corrected chi connectivity index (χ1v) is 15.3. The van der Waals surface area contributed by atoms with Gasteiger partial charge in [-0.2, -0.15) is 0 Å². The van der Waals surface area contributed by atoms with Crippen molar-refractivity contribution >= 4 is 33.1 Å². The fraction of sp³-hybridized carbons (Fsp3) is 0.520. The van der Waals surface area contributed by atoms with E-state index in [1.807, 2.05) is 25.7 Å². The van der Waals surface area contributed by atoms with Crippen molar-refractivity contribution in [3.8, 4) is 5.75 Å². The summed E-state index contributed by atoms with van der Waals surface area (Å²) in [7, 11) is -3.44. The van der Waals surface area contributed by atoms with Crippen LogP contribution in [0.25, 0.3) is 0 Å². The van der Waals surface area contributed by atoms with E-state index in [4.69, 9.17) is 9.72 Å². The number of rotatable bonds is 7. The largest absolute Gasteiger partial charge is 0.482 e. The zero-order valence-corrected chi connectivity index (χ0v) is 23.2. The Kier molecular flexibility index (Phi) is 6.97. The van der Waals surface area contributed by atoms with Gasteiger partial charge in [0.1, 0.15) is 23.4 Å². The summed E-state index contributed by atoms with van der Waals surface area (Å²) in [5.41, 5.74) is 3.73. The molecule has 198 valence electrons. The van der Waals surface area contributed by atoms with Gasteiger partial charge in [0.05, 0.1) is 38.9 Å². The number of imidazole rings is 1. The van der Waals surface area contributed by atoms with Crippen LogP contribution in [0, 0.1) is 13.8 Å². The molecule has 0 aromatic carbocycles. The lowest BCUT2D eigenvalue weighted by atomic mass is 9.99. The van der Waals surface area contributed by atoms with E-state index in [1.54, 1.807) is 17.4 Å². The summed E-state index contributed by atoms with van der Waals surface area (Å²) in [5.74, 6) is 1.69. The van der Waals surface area contributed by atoms with Gasteiger partial charge in [-0.3, -0.25) is 9.52 Å². The highest BCUT2D eigenvalue weighted by molar-refractivity contribution is 7.92. The van der Waals surface area contributed by atoms with E-state index in [9.17, 15) is 13.2 Å². The molecule has 0 fully saturated rings. The van der Waals surface area contributed by atoms with Crippen LogP contribution in [0.3, 0.4) is 0 Å². The highest BCUT2D eigenvalue weighted by Crippen LogP contribution is 2.41. The molecule has 5 heterocycles. The quantitative estimate of drug-likeness (QED) is 0.485. The van der Waals surface area contributed by atoms with Gasteiger partial charge < -0.3 is 14.2 Å². The van der Waals surface area contributed by atoms with Crippen molar-refractivity contribution in [3.63, 3.8) is 0 Å². The average Bonchev–Trinajstić information content (AvgIpc) is 3.40. The maximum Gasteiger partial charge on any atom is 0.261 e. The third-order valence-corrected chi connectivity index (χ3v) is 8.48. The molecular formula is C25H32N6O4S2. The standard InChI is InChI=1S/C25H32N6O4S2/c1-5-17-19(9-10-20(27-17)29-37(4,33)34)35-14-22(32)31-13-11-18-23(30-12-7-6-8-21(30)28-18)24(31)25-15(2)26-16(3)36-25/h9-10,24H,5-8,11-14H2,1-4H3,(H,27,29)/t24-/m1/s1. The first-order valence-electron chi connectivity index (χ1n) is 12.6. The van der Waals surface area contributed by atoms with E-state index in [2.05, 4.69) is 19.3 Å². The molecule has 2 aliphatic heterocycles. The minimum Gasteiger partial charge on any atom is -0.482 e. The second kappa shape index (κ2) is 10.1. The van der Waals surface area contributed by atoms with Crippen LogP contribution in [0.5, 0.6) is 5.75 Å². The molecule has 0 unspecified atom stereocenters. The maximum atomic E-state index is 13.7. The number of amides is 1. The SMILES string of the molecule is CCc1nc(NS(C)(=O)=O)ccc1OCC(=O)N1CCc2nc3n(c2[C@@H]1c1sc(C)nc1C)CCCC3. The molecule has 0 radical (unpaired) electrons. The number of anilines is 1. The molecule has 0 aliphatic carbocycles. The minimum atomic E-state index is -3.44. The van der Waals surface area contributed by atoms with Gasteiger partial charge in [0.2, 0.25) is 10.0 Å². The third kappa shape index (κ3) is 5.22. The Balaban J connectivity index is 1.42. The molecule has 10 nitrogen and oxygen atoms in total. The number of hydrogen-bond acceptors (Lipinski definition) is 8. The predicted molar refractivity (Wildman–Crippen MR) is 142 cm³/mol. The molecule has 3 aromatic heterocycles. The number of nitrogens with zero attached hydrogens (tertiary/aromatic N) is 5. The molecule has 0 spiro atoms. The molecule has 3 aromatic rings. The van der Waals surface area contributed by atoms with Crippen LogP contribution in [0.2, 0.25) is 0 Å². The number of nitrogens with one attached hydrogen (secondary N) is 1. The fourth-order valence-corrected chi connectivity index (χ4v) is 6.77. The van der Waals surface area contributed by atoms with Crippen LogP contribution in [0.15, 0.2) is 12.1 Å². The van der Waals surface area contributed by atoms with Crippen molar-refractivity contribution in [2.45, 2.75) is 65.5 Å². The molecule has 1 N–H and O–H groups in total. The minimum absolute atomic E-state index is 0.118. The zero-order chi connectivity index (χ0) is 26.3. The second-order valence-electron chi connectivity index (χ2n) is 9.55. The number of thiazole rings is 1. The van der Waals surface area contributed by atoms with Gasteiger partial charge in [0, 0.05) is 25.9 Å². The molecule has 1 atom stereocenters. The van der Waals surface area contributed by atoms with Gasteiger partial charge in [-0.1, -0.05) is 6.92 Å².